The number of nitrogens with one attached hydrogen (secondary N) is 1. The number of hydrogen-bond acceptors (Lipinski definition) is 3. The molecule has 1 fully saturated rings. The van der Waals surface area contributed by atoms with Crippen molar-refractivity contribution < 1.29 is 5.11 Å². The van der Waals surface area contributed by atoms with Gasteiger partial charge in [0.2, 0.25) is 0 Å². The van der Waals surface area contributed by atoms with Gasteiger partial charge in [-0.1, -0.05) is 6.07 Å². The van der Waals surface area contributed by atoms with Gasteiger partial charge in [0.15, 0.2) is 0 Å². The molecule has 1 heterocycles. The quantitative estimate of drug-likeness (QED) is 0.790. The molecule has 0 radical (unpaired) electrons. The van der Waals surface area contributed by atoms with Crippen molar-refractivity contribution in [3.05, 3.63) is 30.1 Å². The third kappa shape index (κ3) is 2.55. The minimum absolute atomic E-state index is 0.177. The summed E-state index contributed by atoms with van der Waals surface area (Å²) in [6.07, 6.45) is 6.60. The van der Waals surface area contributed by atoms with Crippen molar-refractivity contribution >= 4 is 0 Å². The molecule has 0 amide bonds. The van der Waals surface area contributed by atoms with E-state index in [4.69, 9.17) is 0 Å². The minimum atomic E-state index is -0.177. The summed E-state index contributed by atoms with van der Waals surface area (Å²) in [6, 6.07) is 4.52. The first-order valence-electron chi connectivity index (χ1n) is 5.61. The van der Waals surface area contributed by atoms with Gasteiger partial charge in [-0.2, -0.15) is 0 Å². The molecule has 0 aliphatic heterocycles. The fourth-order valence-corrected chi connectivity index (χ4v) is 2.18. The van der Waals surface area contributed by atoms with E-state index in [2.05, 4.69) is 23.3 Å². The Labute approximate surface area is 90.5 Å². The zero-order chi connectivity index (χ0) is 10.7. The molecule has 1 saturated carbocycles. The fourth-order valence-electron chi connectivity index (χ4n) is 2.18. The lowest BCUT2D eigenvalue weighted by Gasteiger charge is -2.22. The Morgan fingerprint density at radius 3 is 3.00 bits per heavy atom. The number of aliphatic hydroxyl groups excluding tert-OH is 1. The SMILES string of the molecule is C[C@@H](N[C@@H]1CCC[C@H]1O)c1cccnc1. The van der Waals surface area contributed by atoms with E-state index in [1.165, 1.54) is 5.56 Å². The van der Waals surface area contributed by atoms with Crippen LogP contribution in [0.3, 0.4) is 0 Å². The van der Waals surface area contributed by atoms with Gasteiger partial charge >= 0.3 is 0 Å². The van der Waals surface area contributed by atoms with Gasteiger partial charge in [-0.3, -0.25) is 4.98 Å². The van der Waals surface area contributed by atoms with Crippen LogP contribution in [0.2, 0.25) is 0 Å². The second-order valence-electron chi connectivity index (χ2n) is 4.28. The third-order valence-corrected chi connectivity index (χ3v) is 3.13. The lowest BCUT2D eigenvalue weighted by molar-refractivity contribution is 0.144. The summed E-state index contributed by atoms with van der Waals surface area (Å²) < 4.78 is 0. The van der Waals surface area contributed by atoms with Crippen LogP contribution in [0.15, 0.2) is 24.5 Å². The molecule has 2 N–H and O–H groups in total. The molecule has 1 aromatic heterocycles. The Morgan fingerprint density at radius 1 is 1.53 bits per heavy atom. The molecule has 0 unspecified atom stereocenters. The first-order chi connectivity index (χ1) is 7.27. The number of aliphatic hydroxyl groups is 1. The van der Waals surface area contributed by atoms with Crippen LogP contribution in [-0.2, 0) is 0 Å². The van der Waals surface area contributed by atoms with E-state index >= 15 is 0 Å². The van der Waals surface area contributed by atoms with Crippen LogP contribution in [0.4, 0.5) is 0 Å². The smallest absolute Gasteiger partial charge is 0.0693 e. The Kier molecular flexibility index (Phi) is 3.34. The van der Waals surface area contributed by atoms with Crippen molar-refractivity contribution in [1.82, 2.24) is 10.3 Å². The summed E-state index contributed by atoms with van der Waals surface area (Å²) in [5.41, 5.74) is 1.18. The zero-order valence-electron chi connectivity index (χ0n) is 9.06. The maximum Gasteiger partial charge on any atom is 0.0693 e. The molecule has 1 aliphatic carbocycles. The minimum Gasteiger partial charge on any atom is -0.392 e. The van der Waals surface area contributed by atoms with E-state index in [1.54, 1.807) is 6.20 Å². The molecule has 2 rings (SSSR count). The summed E-state index contributed by atoms with van der Waals surface area (Å²) in [4.78, 5) is 4.10. The van der Waals surface area contributed by atoms with E-state index in [1.807, 2.05) is 12.3 Å². The van der Waals surface area contributed by atoms with Crippen LogP contribution >= 0.6 is 0 Å². The van der Waals surface area contributed by atoms with Gasteiger partial charge < -0.3 is 10.4 Å². The van der Waals surface area contributed by atoms with E-state index in [0.29, 0.717) is 0 Å². The molecule has 3 atom stereocenters. The van der Waals surface area contributed by atoms with Gasteiger partial charge in [-0.25, -0.2) is 0 Å². The van der Waals surface area contributed by atoms with Crippen molar-refractivity contribution in [2.45, 2.75) is 44.4 Å². The van der Waals surface area contributed by atoms with Gasteiger partial charge in [0.25, 0.3) is 0 Å². The van der Waals surface area contributed by atoms with Crippen molar-refractivity contribution in [1.29, 1.82) is 0 Å². The van der Waals surface area contributed by atoms with E-state index in [-0.39, 0.29) is 18.2 Å². The molecule has 1 aromatic rings. The highest BCUT2D eigenvalue weighted by Gasteiger charge is 2.26. The number of hydrogen-bond donors (Lipinski definition) is 2. The molecular formula is C12H18N2O. The van der Waals surface area contributed by atoms with Gasteiger partial charge in [0, 0.05) is 24.5 Å². The first kappa shape index (κ1) is 10.6. The van der Waals surface area contributed by atoms with Crippen LogP contribution in [0.1, 0.15) is 37.8 Å². The van der Waals surface area contributed by atoms with Gasteiger partial charge in [-0.05, 0) is 37.8 Å². The molecular weight excluding hydrogens is 188 g/mol. The van der Waals surface area contributed by atoms with Crippen LogP contribution in [0.25, 0.3) is 0 Å². The predicted octanol–water partition coefficient (Wildman–Crippen LogP) is 1.65. The second kappa shape index (κ2) is 4.73. The summed E-state index contributed by atoms with van der Waals surface area (Å²) in [5, 5.41) is 13.2. The molecule has 0 aromatic carbocycles. The average Bonchev–Trinajstić information content (AvgIpc) is 2.66. The molecule has 3 heteroatoms. The van der Waals surface area contributed by atoms with Crippen LogP contribution in [-0.4, -0.2) is 22.2 Å². The molecule has 0 saturated heterocycles. The fraction of sp³-hybridized carbons (Fsp3) is 0.583. The third-order valence-electron chi connectivity index (χ3n) is 3.13. The highest BCUT2D eigenvalue weighted by molar-refractivity contribution is 5.13. The summed E-state index contributed by atoms with van der Waals surface area (Å²) in [5.74, 6) is 0. The van der Waals surface area contributed by atoms with Gasteiger partial charge in [-0.15, -0.1) is 0 Å². The highest BCUT2D eigenvalue weighted by atomic mass is 16.3. The Hall–Kier alpha value is -0.930. The molecule has 3 nitrogen and oxygen atoms in total. The van der Waals surface area contributed by atoms with E-state index < -0.39 is 0 Å². The first-order valence-corrected chi connectivity index (χ1v) is 5.61. The Balaban J connectivity index is 1.95. The maximum atomic E-state index is 9.71. The van der Waals surface area contributed by atoms with Gasteiger partial charge in [0.1, 0.15) is 0 Å². The Bertz CT molecular complexity index is 302. The predicted molar refractivity (Wildman–Crippen MR) is 59.4 cm³/mol. The zero-order valence-corrected chi connectivity index (χ0v) is 9.06. The van der Waals surface area contributed by atoms with Crippen LogP contribution < -0.4 is 5.32 Å². The van der Waals surface area contributed by atoms with Crippen LogP contribution in [0.5, 0.6) is 0 Å². The van der Waals surface area contributed by atoms with Crippen LogP contribution in [0, 0.1) is 0 Å². The number of pyridine rings is 1. The second-order valence-corrected chi connectivity index (χ2v) is 4.28. The normalized spacial score (nSPS) is 27.9. The molecule has 0 spiro atoms. The standard InChI is InChI=1S/C12H18N2O/c1-9(10-4-3-7-13-8-10)14-11-5-2-6-12(11)15/h3-4,7-9,11-12,14-15H,2,5-6H2,1H3/t9-,11-,12-/m1/s1. The van der Waals surface area contributed by atoms with E-state index in [9.17, 15) is 5.11 Å². The number of aromatic nitrogens is 1. The average molecular weight is 206 g/mol. The molecule has 15 heavy (non-hydrogen) atoms. The lowest BCUT2D eigenvalue weighted by Crippen LogP contribution is -2.37. The molecule has 0 bridgehead atoms. The monoisotopic (exact) mass is 206 g/mol. The summed E-state index contributed by atoms with van der Waals surface area (Å²) in [6.45, 7) is 2.11. The van der Waals surface area contributed by atoms with E-state index in [0.717, 1.165) is 19.3 Å². The lowest BCUT2D eigenvalue weighted by atomic mass is 10.1. The summed E-state index contributed by atoms with van der Waals surface area (Å²) >= 11 is 0. The largest absolute Gasteiger partial charge is 0.392 e. The number of nitrogens with zero attached hydrogens (tertiary/aromatic N) is 1. The topological polar surface area (TPSA) is 45.1 Å². The van der Waals surface area contributed by atoms with Crippen molar-refractivity contribution in [2.75, 3.05) is 0 Å². The number of rotatable bonds is 3. The summed E-state index contributed by atoms with van der Waals surface area (Å²) in [7, 11) is 0. The van der Waals surface area contributed by atoms with Crippen molar-refractivity contribution in [2.24, 2.45) is 0 Å². The van der Waals surface area contributed by atoms with Gasteiger partial charge in [0.05, 0.1) is 6.10 Å². The molecule has 1 aliphatic rings. The van der Waals surface area contributed by atoms with Crippen molar-refractivity contribution in [3.8, 4) is 0 Å². The molecule has 82 valence electrons. The maximum absolute atomic E-state index is 9.71. The highest BCUT2D eigenvalue weighted by Crippen LogP contribution is 2.22. The Morgan fingerprint density at radius 2 is 2.40 bits per heavy atom. The van der Waals surface area contributed by atoms with Crippen molar-refractivity contribution in [3.63, 3.8) is 0 Å².